The van der Waals surface area contributed by atoms with Gasteiger partial charge in [0.1, 0.15) is 0 Å². The Balaban J connectivity index is 1.71. The molecule has 0 radical (unpaired) electrons. The summed E-state index contributed by atoms with van der Waals surface area (Å²) < 4.78 is 0.958. The number of H-pyrrole nitrogens is 1. The number of hydrogen-bond donors (Lipinski definition) is 3. The molecule has 0 fully saturated rings. The van der Waals surface area contributed by atoms with E-state index in [4.69, 9.17) is 0 Å². The van der Waals surface area contributed by atoms with Gasteiger partial charge < -0.3 is 10.1 Å². The van der Waals surface area contributed by atoms with E-state index in [0.29, 0.717) is 6.42 Å². The first-order valence-corrected chi connectivity index (χ1v) is 8.60. The molecule has 25 heavy (non-hydrogen) atoms. The van der Waals surface area contributed by atoms with E-state index in [1.807, 2.05) is 54.7 Å². The van der Waals surface area contributed by atoms with Crippen LogP contribution in [0.5, 0.6) is 0 Å². The maximum absolute atomic E-state index is 11.5. The summed E-state index contributed by atoms with van der Waals surface area (Å²) in [6, 6.07) is 15.1. The van der Waals surface area contributed by atoms with Crippen LogP contribution in [0.4, 0.5) is 4.79 Å². The minimum absolute atomic E-state index is 0.104. The number of benzene rings is 2. The highest BCUT2D eigenvalue weighted by Crippen LogP contribution is 2.26. The molecule has 130 valence electrons. The summed E-state index contributed by atoms with van der Waals surface area (Å²) in [5.41, 5.74) is 2.80. The number of aromatic nitrogens is 1. The van der Waals surface area contributed by atoms with E-state index >= 15 is 0 Å². The summed E-state index contributed by atoms with van der Waals surface area (Å²) in [4.78, 5) is 14.7. The third kappa shape index (κ3) is 4.01. The van der Waals surface area contributed by atoms with Crippen molar-refractivity contribution in [2.45, 2.75) is 13.0 Å². The lowest BCUT2D eigenvalue weighted by Gasteiger charge is -2.27. The number of hydrazine groups is 1. The van der Waals surface area contributed by atoms with E-state index in [0.717, 1.165) is 36.7 Å². The Labute approximate surface area is 153 Å². The average Bonchev–Trinajstić information content (AvgIpc) is 3.00. The zero-order valence-electron chi connectivity index (χ0n) is 13.4. The van der Waals surface area contributed by atoms with Crippen LogP contribution in [0.3, 0.4) is 0 Å². The van der Waals surface area contributed by atoms with Crippen LogP contribution >= 0.6 is 15.9 Å². The van der Waals surface area contributed by atoms with Gasteiger partial charge in [-0.25, -0.2) is 9.80 Å². The van der Waals surface area contributed by atoms with Crippen molar-refractivity contribution in [3.63, 3.8) is 0 Å². The highest BCUT2D eigenvalue weighted by molar-refractivity contribution is 9.10. The topological polar surface area (TPSA) is 79.8 Å². The minimum atomic E-state index is -1.19. The third-order valence-corrected chi connectivity index (χ3v) is 4.67. The third-order valence-electron chi connectivity index (χ3n) is 4.01. The summed E-state index contributed by atoms with van der Waals surface area (Å²) >= 11 is 3.49. The fourth-order valence-corrected chi connectivity index (χ4v) is 3.23. The molecule has 0 aliphatic rings. The van der Waals surface area contributed by atoms with Gasteiger partial charge in [-0.1, -0.05) is 47.6 Å². The van der Waals surface area contributed by atoms with Crippen LogP contribution < -0.4 is 0 Å². The second kappa shape index (κ2) is 7.69. The predicted octanol–water partition coefficient (Wildman–Crippen LogP) is 4.26. The quantitative estimate of drug-likeness (QED) is 0.537. The molecule has 0 saturated carbocycles. The number of carbonyl (C=O) groups is 1. The molecule has 6 nitrogen and oxygen atoms in total. The van der Waals surface area contributed by atoms with Crippen LogP contribution in [0.15, 0.2) is 59.2 Å². The highest BCUT2D eigenvalue weighted by atomic mass is 79.9. The molecule has 7 heteroatoms. The number of nitrogens with one attached hydrogen (secondary N) is 1. The van der Waals surface area contributed by atoms with Crippen molar-refractivity contribution in [3.8, 4) is 0 Å². The highest BCUT2D eigenvalue weighted by Gasteiger charge is 2.20. The Bertz CT molecular complexity index is 866. The van der Waals surface area contributed by atoms with Gasteiger partial charge in [-0.05, 0) is 39.5 Å². The molecule has 3 aromatic rings. The van der Waals surface area contributed by atoms with Crippen LogP contribution in [-0.2, 0) is 13.0 Å². The SMILES string of the molecule is O=C(O)N(CCc1c[nH]c2c(Br)cccc12)N(O)Cc1ccccc1. The van der Waals surface area contributed by atoms with Crippen molar-refractivity contribution in [2.75, 3.05) is 6.54 Å². The van der Waals surface area contributed by atoms with Crippen LogP contribution in [-0.4, -0.2) is 38.1 Å². The first-order valence-electron chi connectivity index (χ1n) is 7.81. The molecule has 1 aromatic heterocycles. The Hall–Kier alpha value is -2.35. The lowest BCUT2D eigenvalue weighted by atomic mass is 10.1. The molecule has 2 aromatic carbocycles. The Morgan fingerprint density at radius 1 is 1.12 bits per heavy atom. The average molecular weight is 404 g/mol. The van der Waals surface area contributed by atoms with Gasteiger partial charge in [-0.2, -0.15) is 0 Å². The molecule has 1 amide bonds. The van der Waals surface area contributed by atoms with Gasteiger partial charge >= 0.3 is 6.09 Å². The minimum Gasteiger partial charge on any atom is -0.464 e. The number of para-hydroxylation sites is 1. The van der Waals surface area contributed by atoms with Crippen molar-refractivity contribution in [1.82, 2.24) is 15.2 Å². The summed E-state index contributed by atoms with van der Waals surface area (Å²) in [6.07, 6.45) is 1.16. The van der Waals surface area contributed by atoms with Gasteiger partial charge in [0.25, 0.3) is 0 Å². The standard InChI is InChI=1S/C18H18BrN3O3/c19-16-8-4-7-15-14(11-20-17(15)16)9-10-21(18(23)24)22(25)12-13-5-2-1-3-6-13/h1-8,11,20,25H,9-10,12H2,(H,23,24). The van der Waals surface area contributed by atoms with Gasteiger partial charge in [0.05, 0.1) is 12.1 Å². The largest absolute Gasteiger partial charge is 0.464 e. The van der Waals surface area contributed by atoms with Crippen molar-refractivity contribution >= 4 is 32.9 Å². The molecule has 3 N–H and O–H groups in total. The summed E-state index contributed by atoms with van der Waals surface area (Å²) in [5, 5.41) is 22.3. The smallest absolute Gasteiger partial charge is 0.423 e. The fraction of sp³-hybridized carbons (Fsp3) is 0.167. The van der Waals surface area contributed by atoms with Gasteiger partial charge in [0.2, 0.25) is 0 Å². The normalized spacial score (nSPS) is 11.2. The first kappa shape index (κ1) is 17.5. The number of hydrogen-bond acceptors (Lipinski definition) is 3. The van der Waals surface area contributed by atoms with Gasteiger partial charge in [-0.3, -0.25) is 5.21 Å². The molecule has 0 aliphatic carbocycles. The number of halogens is 1. The molecule has 3 rings (SSSR count). The lowest BCUT2D eigenvalue weighted by molar-refractivity contribution is -0.233. The summed E-state index contributed by atoms with van der Waals surface area (Å²) in [5.74, 6) is 0. The maximum Gasteiger partial charge on any atom is 0.423 e. The predicted molar refractivity (Wildman–Crippen MR) is 98.2 cm³/mol. The summed E-state index contributed by atoms with van der Waals surface area (Å²) in [6.45, 7) is 0.255. The second-order valence-corrected chi connectivity index (χ2v) is 6.50. The van der Waals surface area contributed by atoms with Crippen LogP contribution in [0.25, 0.3) is 10.9 Å². The molecular formula is C18H18BrN3O3. The number of fused-ring (bicyclic) bond motifs is 1. The number of hydroxylamine groups is 1. The molecule has 0 saturated heterocycles. The number of rotatable bonds is 6. The zero-order chi connectivity index (χ0) is 17.8. The van der Waals surface area contributed by atoms with E-state index in [1.165, 1.54) is 0 Å². The molecule has 1 heterocycles. The number of amides is 1. The van der Waals surface area contributed by atoms with E-state index < -0.39 is 6.09 Å². The molecule has 0 aliphatic heterocycles. The Morgan fingerprint density at radius 2 is 1.88 bits per heavy atom. The van der Waals surface area contributed by atoms with Crippen molar-refractivity contribution in [3.05, 3.63) is 70.3 Å². The van der Waals surface area contributed by atoms with Crippen molar-refractivity contribution in [2.24, 2.45) is 0 Å². The van der Waals surface area contributed by atoms with E-state index in [9.17, 15) is 15.1 Å². The fourth-order valence-electron chi connectivity index (χ4n) is 2.75. The monoisotopic (exact) mass is 403 g/mol. The molecule has 0 unspecified atom stereocenters. The van der Waals surface area contributed by atoms with Crippen molar-refractivity contribution in [1.29, 1.82) is 0 Å². The maximum atomic E-state index is 11.5. The Kier molecular flexibility index (Phi) is 5.37. The molecule has 0 atom stereocenters. The van der Waals surface area contributed by atoms with Gasteiger partial charge in [-0.15, -0.1) is 0 Å². The lowest BCUT2D eigenvalue weighted by Crippen LogP contribution is -2.44. The number of carboxylic acid groups (broad SMARTS) is 1. The first-order chi connectivity index (χ1) is 12.1. The molecule has 0 spiro atoms. The van der Waals surface area contributed by atoms with Crippen LogP contribution in [0.1, 0.15) is 11.1 Å². The number of nitrogens with zero attached hydrogens (tertiary/aromatic N) is 2. The van der Waals surface area contributed by atoms with Crippen LogP contribution in [0.2, 0.25) is 0 Å². The molecule has 0 bridgehead atoms. The van der Waals surface area contributed by atoms with Crippen molar-refractivity contribution < 1.29 is 15.1 Å². The second-order valence-electron chi connectivity index (χ2n) is 5.65. The summed E-state index contributed by atoms with van der Waals surface area (Å²) in [7, 11) is 0. The van der Waals surface area contributed by atoms with Gasteiger partial charge in [0.15, 0.2) is 0 Å². The zero-order valence-corrected chi connectivity index (χ0v) is 15.0. The van der Waals surface area contributed by atoms with E-state index in [1.54, 1.807) is 0 Å². The van der Waals surface area contributed by atoms with E-state index in [2.05, 4.69) is 20.9 Å². The van der Waals surface area contributed by atoms with Crippen LogP contribution in [0, 0.1) is 0 Å². The number of aromatic amines is 1. The van der Waals surface area contributed by atoms with E-state index in [-0.39, 0.29) is 13.1 Å². The van der Waals surface area contributed by atoms with Gasteiger partial charge in [0, 0.05) is 22.6 Å². The Morgan fingerprint density at radius 3 is 2.60 bits per heavy atom. The molecular weight excluding hydrogens is 386 g/mol.